The maximum absolute atomic E-state index is 12.0. The Morgan fingerprint density at radius 2 is 1.68 bits per heavy atom. The first kappa shape index (κ1) is 26.1. The van der Waals surface area contributed by atoms with E-state index in [1.807, 2.05) is 13.0 Å². The van der Waals surface area contributed by atoms with Crippen molar-refractivity contribution in [2.24, 2.45) is 11.8 Å². The van der Waals surface area contributed by atoms with Gasteiger partial charge in [0.2, 0.25) is 0 Å². The topological polar surface area (TPSA) is 53.0 Å². The van der Waals surface area contributed by atoms with Gasteiger partial charge in [0.15, 0.2) is 0 Å². The van der Waals surface area contributed by atoms with Crippen LogP contribution in [-0.4, -0.2) is 65.7 Å². The smallest absolute Gasteiger partial charge is 0.320 e. The third-order valence-corrected chi connectivity index (χ3v) is 9.19. The van der Waals surface area contributed by atoms with Gasteiger partial charge in [0.05, 0.1) is 10.0 Å². The molecule has 2 saturated heterocycles. The third kappa shape index (κ3) is 6.81. The molecule has 0 amide bonds. The third-order valence-electron chi connectivity index (χ3n) is 8.29. The zero-order chi connectivity index (χ0) is 24.1. The number of halogens is 2. The van der Waals surface area contributed by atoms with Crippen LogP contribution in [0, 0.1) is 18.8 Å². The Morgan fingerprint density at radius 1 is 1.00 bits per heavy atom. The van der Waals surface area contributed by atoms with Crippen molar-refractivity contribution in [2.75, 3.05) is 32.7 Å². The largest absolute Gasteiger partial charge is 0.490 e. The highest BCUT2D eigenvalue weighted by Gasteiger charge is 2.33. The van der Waals surface area contributed by atoms with Crippen LogP contribution in [0.2, 0.25) is 10.0 Å². The van der Waals surface area contributed by atoms with Gasteiger partial charge in [0, 0.05) is 25.2 Å². The van der Waals surface area contributed by atoms with Gasteiger partial charge >= 0.3 is 5.97 Å². The normalized spacial score (nSPS) is 23.1. The van der Waals surface area contributed by atoms with Crippen LogP contribution >= 0.6 is 23.2 Å². The fourth-order valence-corrected chi connectivity index (χ4v) is 6.47. The Kier molecular flexibility index (Phi) is 9.42. The summed E-state index contributed by atoms with van der Waals surface area (Å²) in [5.41, 5.74) is 0.909. The Labute approximate surface area is 214 Å². The molecule has 190 valence electrons. The SMILES string of the molecule is Cc1c(OC2CCN(CC3CCN([C@H](CC4CCCCC4)C(=O)O)CC3)CC2)ccc(Cl)c1Cl. The number of rotatable bonds is 8. The summed E-state index contributed by atoms with van der Waals surface area (Å²) in [6.45, 7) is 7.01. The van der Waals surface area contributed by atoms with E-state index >= 15 is 0 Å². The van der Waals surface area contributed by atoms with Crippen LogP contribution in [0.5, 0.6) is 5.75 Å². The van der Waals surface area contributed by atoms with Gasteiger partial charge in [-0.2, -0.15) is 0 Å². The molecule has 34 heavy (non-hydrogen) atoms. The number of benzene rings is 1. The summed E-state index contributed by atoms with van der Waals surface area (Å²) in [5.74, 6) is 1.48. The molecule has 3 aliphatic rings. The van der Waals surface area contributed by atoms with Crippen LogP contribution in [0.25, 0.3) is 0 Å². The van der Waals surface area contributed by atoms with Crippen molar-refractivity contribution in [3.8, 4) is 5.75 Å². The van der Waals surface area contributed by atoms with E-state index in [1.165, 1.54) is 32.1 Å². The number of carboxylic acids is 1. The molecule has 0 aromatic heterocycles. The number of carboxylic acid groups (broad SMARTS) is 1. The molecule has 4 rings (SSSR count). The maximum Gasteiger partial charge on any atom is 0.320 e. The van der Waals surface area contributed by atoms with Crippen molar-refractivity contribution < 1.29 is 14.6 Å². The summed E-state index contributed by atoms with van der Waals surface area (Å²) in [7, 11) is 0. The first-order valence-corrected chi connectivity index (χ1v) is 14.0. The molecule has 1 aromatic rings. The van der Waals surface area contributed by atoms with Crippen LogP contribution in [0.15, 0.2) is 12.1 Å². The molecule has 1 aromatic carbocycles. The lowest BCUT2D eigenvalue weighted by Gasteiger charge is -2.40. The molecule has 3 fully saturated rings. The number of hydrogen-bond acceptors (Lipinski definition) is 4. The van der Waals surface area contributed by atoms with Crippen LogP contribution in [0.1, 0.15) is 69.8 Å². The predicted octanol–water partition coefficient (Wildman–Crippen LogP) is 6.28. The second-order valence-electron chi connectivity index (χ2n) is 10.7. The van der Waals surface area contributed by atoms with Gasteiger partial charge in [-0.3, -0.25) is 9.69 Å². The first-order chi connectivity index (χ1) is 16.4. The van der Waals surface area contributed by atoms with Gasteiger partial charge in [-0.25, -0.2) is 0 Å². The molecule has 0 bridgehead atoms. The molecular formula is C27H40Cl2N2O3. The standard InChI is InChI=1S/C27H40Cl2N2O3/c1-19-25(8-7-23(28)26(19)29)34-22-11-13-30(14-12-22)18-21-9-15-31(16-10-21)24(27(32)33)17-20-5-3-2-4-6-20/h7-8,20-22,24H,2-6,9-18H2,1H3,(H,32,33)/t24-/m1/s1. The summed E-state index contributed by atoms with van der Waals surface area (Å²) < 4.78 is 6.25. The minimum atomic E-state index is -0.622. The molecule has 0 unspecified atom stereocenters. The number of ether oxygens (including phenoxy) is 1. The van der Waals surface area contributed by atoms with Crippen molar-refractivity contribution >= 4 is 29.2 Å². The quantitative estimate of drug-likeness (QED) is 0.445. The van der Waals surface area contributed by atoms with Crippen molar-refractivity contribution in [1.82, 2.24) is 9.80 Å². The van der Waals surface area contributed by atoms with Crippen molar-refractivity contribution in [3.05, 3.63) is 27.7 Å². The van der Waals surface area contributed by atoms with E-state index in [1.54, 1.807) is 6.07 Å². The lowest BCUT2D eigenvalue weighted by Crippen LogP contribution is -2.48. The Bertz CT molecular complexity index is 814. The molecule has 1 atom stereocenters. The van der Waals surface area contributed by atoms with Gasteiger partial charge < -0.3 is 14.7 Å². The van der Waals surface area contributed by atoms with Gasteiger partial charge in [-0.1, -0.05) is 55.3 Å². The van der Waals surface area contributed by atoms with E-state index in [0.29, 0.717) is 21.9 Å². The van der Waals surface area contributed by atoms with E-state index in [0.717, 1.165) is 76.1 Å². The fraction of sp³-hybridized carbons (Fsp3) is 0.741. The Hall–Kier alpha value is -1.01. The van der Waals surface area contributed by atoms with Crippen LogP contribution in [-0.2, 0) is 4.79 Å². The number of aliphatic carboxylic acids is 1. The number of hydrogen-bond donors (Lipinski definition) is 1. The van der Waals surface area contributed by atoms with Gasteiger partial charge in [-0.15, -0.1) is 0 Å². The molecule has 1 aliphatic carbocycles. The lowest BCUT2D eigenvalue weighted by atomic mass is 9.84. The van der Waals surface area contributed by atoms with Crippen molar-refractivity contribution in [1.29, 1.82) is 0 Å². The predicted molar refractivity (Wildman–Crippen MR) is 138 cm³/mol. The molecule has 0 radical (unpaired) electrons. The van der Waals surface area contributed by atoms with Crippen LogP contribution in [0.4, 0.5) is 0 Å². The zero-order valence-corrected chi connectivity index (χ0v) is 22.0. The van der Waals surface area contributed by atoms with E-state index in [-0.39, 0.29) is 12.1 Å². The van der Waals surface area contributed by atoms with Gasteiger partial charge in [0.1, 0.15) is 17.9 Å². The summed E-state index contributed by atoms with van der Waals surface area (Å²) >= 11 is 12.4. The Balaban J connectivity index is 1.19. The molecule has 1 saturated carbocycles. The summed E-state index contributed by atoms with van der Waals surface area (Å²) in [4.78, 5) is 16.8. The average Bonchev–Trinajstić information content (AvgIpc) is 2.85. The number of likely N-dealkylation sites (tertiary alicyclic amines) is 2. The van der Waals surface area contributed by atoms with Gasteiger partial charge in [-0.05, 0) is 76.1 Å². The monoisotopic (exact) mass is 510 g/mol. The molecule has 2 heterocycles. The lowest BCUT2D eigenvalue weighted by molar-refractivity contribution is -0.144. The minimum Gasteiger partial charge on any atom is -0.490 e. The number of nitrogens with zero attached hydrogens (tertiary/aromatic N) is 2. The van der Waals surface area contributed by atoms with Crippen molar-refractivity contribution in [3.63, 3.8) is 0 Å². The molecule has 7 heteroatoms. The molecule has 1 N–H and O–H groups in total. The van der Waals surface area contributed by atoms with E-state index in [9.17, 15) is 9.90 Å². The number of carbonyl (C=O) groups is 1. The highest BCUT2D eigenvalue weighted by molar-refractivity contribution is 6.42. The molecule has 0 spiro atoms. The second-order valence-corrected chi connectivity index (χ2v) is 11.5. The second kappa shape index (κ2) is 12.3. The molecule has 5 nitrogen and oxygen atoms in total. The highest BCUT2D eigenvalue weighted by Crippen LogP contribution is 2.34. The highest BCUT2D eigenvalue weighted by atomic mass is 35.5. The first-order valence-electron chi connectivity index (χ1n) is 13.2. The maximum atomic E-state index is 12.0. The number of piperidine rings is 2. The molecule has 2 aliphatic heterocycles. The van der Waals surface area contributed by atoms with Gasteiger partial charge in [0.25, 0.3) is 0 Å². The fourth-order valence-electron chi connectivity index (χ4n) is 6.11. The van der Waals surface area contributed by atoms with E-state index in [2.05, 4.69) is 9.80 Å². The Morgan fingerprint density at radius 3 is 2.32 bits per heavy atom. The van der Waals surface area contributed by atoms with Crippen LogP contribution in [0.3, 0.4) is 0 Å². The van der Waals surface area contributed by atoms with Crippen molar-refractivity contribution in [2.45, 2.75) is 83.3 Å². The average molecular weight is 512 g/mol. The zero-order valence-electron chi connectivity index (χ0n) is 20.5. The summed E-state index contributed by atoms with van der Waals surface area (Å²) in [6.07, 6.45) is 11.6. The van der Waals surface area contributed by atoms with E-state index in [4.69, 9.17) is 27.9 Å². The van der Waals surface area contributed by atoms with E-state index < -0.39 is 5.97 Å². The minimum absolute atomic E-state index is 0.213. The molecular weight excluding hydrogens is 471 g/mol. The summed E-state index contributed by atoms with van der Waals surface area (Å²) in [6, 6.07) is 3.43. The summed E-state index contributed by atoms with van der Waals surface area (Å²) in [5, 5.41) is 11.0. The van der Waals surface area contributed by atoms with Crippen LogP contribution < -0.4 is 4.74 Å².